The maximum absolute atomic E-state index is 12.7. The molecule has 11 heteroatoms. The molecule has 0 unspecified atom stereocenters. The van der Waals surface area contributed by atoms with Crippen LogP contribution in [-0.4, -0.2) is 47.9 Å². The first-order chi connectivity index (χ1) is 16.8. The van der Waals surface area contributed by atoms with E-state index in [1.165, 1.54) is 38.5 Å². The van der Waals surface area contributed by atoms with Crippen LogP contribution in [0, 0.1) is 0 Å². The van der Waals surface area contributed by atoms with Crippen LogP contribution in [0.5, 0.6) is 5.75 Å². The monoisotopic (exact) mass is 499 g/mol. The Morgan fingerprint density at radius 2 is 1.51 bits per heavy atom. The van der Waals surface area contributed by atoms with Crippen LogP contribution >= 0.6 is 0 Å². The van der Waals surface area contributed by atoms with E-state index < -0.39 is 22.0 Å². The first-order valence-corrected chi connectivity index (χ1v) is 11.9. The average Bonchev–Trinajstić information content (AvgIpc) is 2.84. The minimum atomic E-state index is -3.89. The normalized spacial score (nSPS) is 10.8. The molecular formula is C24H25N3O7S. The molecule has 0 aromatic heterocycles. The summed E-state index contributed by atoms with van der Waals surface area (Å²) in [5.41, 5.74) is 1.40. The summed E-state index contributed by atoms with van der Waals surface area (Å²) in [5, 5.41) is 5.26. The van der Waals surface area contributed by atoms with Crippen molar-refractivity contribution in [1.82, 2.24) is 0 Å². The molecule has 184 valence electrons. The van der Waals surface area contributed by atoms with E-state index in [1.807, 2.05) is 0 Å². The number of nitrogens with one attached hydrogen (secondary N) is 3. The minimum Gasteiger partial charge on any atom is -0.495 e. The van der Waals surface area contributed by atoms with Crippen molar-refractivity contribution >= 4 is 39.1 Å². The zero-order valence-corrected chi connectivity index (χ0v) is 19.9. The average molecular weight is 500 g/mol. The molecule has 0 fully saturated rings. The van der Waals surface area contributed by atoms with Gasteiger partial charge in [0, 0.05) is 24.0 Å². The fourth-order valence-electron chi connectivity index (χ4n) is 2.97. The van der Waals surface area contributed by atoms with E-state index in [1.54, 1.807) is 48.5 Å². The predicted octanol–water partition coefficient (Wildman–Crippen LogP) is 3.94. The lowest BCUT2D eigenvalue weighted by Crippen LogP contribution is -2.17. The van der Waals surface area contributed by atoms with E-state index >= 15 is 0 Å². The van der Waals surface area contributed by atoms with Gasteiger partial charge in [0.15, 0.2) is 0 Å². The molecule has 0 saturated carbocycles. The van der Waals surface area contributed by atoms with Crippen LogP contribution in [0.25, 0.3) is 0 Å². The van der Waals surface area contributed by atoms with Gasteiger partial charge in [0.2, 0.25) is 0 Å². The third-order valence-electron chi connectivity index (χ3n) is 4.67. The van der Waals surface area contributed by atoms with Crippen LogP contribution < -0.4 is 20.1 Å². The van der Waals surface area contributed by atoms with Crippen molar-refractivity contribution < 1.29 is 32.2 Å². The molecule has 0 saturated heterocycles. The second kappa shape index (κ2) is 11.9. The Labute approximate surface area is 203 Å². The summed E-state index contributed by atoms with van der Waals surface area (Å²) in [7, 11) is -0.950. The number of sulfonamides is 1. The molecular weight excluding hydrogens is 474 g/mol. The SMILES string of the molecule is COCCOC(=O)Nc1cccc(NC(=O)c2ccc(S(=O)(=O)Nc3ccccc3OC)cc2)c1. The van der Waals surface area contributed by atoms with Gasteiger partial charge in [-0.15, -0.1) is 0 Å². The summed E-state index contributed by atoms with van der Waals surface area (Å²) < 4.78 is 42.9. The van der Waals surface area contributed by atoms with E-state index in [9.17, 15) is 18.0 Å². The van der Waals surface area contributed by atoms with Crippen molar-refractivity contribution in [2.45, 2.75) is 4.90 Å². The lowest BCUT2D eigenvalue weighted by atomic mass is 10.2. The third kappa shape index (κ3) is 7.19. The number of hydrogen-bond acceptors (Lipinski definition) is 7. The number of amides is 2. The van der Waals surface area contributed by atoms with Gasteiger partial charge in [-0.05, 0) is 54.6 Å². The Morgan fingerprint density at radius 1 is 0.829 bits per heavy atom. The standard InChI is InChI=1S/C24H25N3O7S/c1-32-14-15-34-24(29)26-19-7-5-6-18(16-19)25-23(28)17-10-12-20(13-11-17)35(30,31)27-21-8-3-4-9-22(21)33-2/h3-13,16,27H,14-15H2,1-2H3,(H,25,28)(H,26,29). The highest BCUT2D eigenvalue weighted by Crippen LogP contribution is 2.26. The quantitative estimate of drug-likeness (QED) is 0.360. The van der Waals surface area contributed by atoms with Gasteiger partial charge in [-0.1, -0.05) is 18.2 Å². The molecule has 35 heavy (non-hydrogen) atoms. The van der Waals surface area contributed by atoms with Crippen molar-refractivity contribution in [3.8, 4) is 5.75 Å². The molecule has 0 aliphatic heterocycles. The molecule has 0 radical (unpaired) electrons. The number of anilines is 3. The first-order valence-electron chi connectivity index (χ1n) is 10.4. The molecule has 3 aromatic carbocycles. The molecule has 0 aliphatic carbocycles. The van der Waals surface area contributed by atoms with Gasteiger partial charge in [-0.25, -0.2) is 13.2 Å². The number of para-hydroxylation sites is 2. The van der Waals surface area contributed by atoms with E-state index in [-0.39, 0.29) is 23.7 Å². The van der Waals surface area contributed by atoms with Gasteiger partial charge < -0.3 is 19.5 Å². The number of carbonyl (C=O) groups excluding carboxylic acids is 2. The number of methoxy groups -OCH3 is 2. The number of hydrogen-bond donors (Lipinski definition) is 3. The Morgan fingerprint density at radius 3 is 2.20 bits per heavy atom. The van der Waals surface area contributed by atoms with Crippen molar-refractivity contribution in [2.24, 2.45) is 0 Å². The summed E-state index contributed by atoms with van der Waals surface area (Å²) >= 11 is 0. The van der Waals surface area contributed by atoms with Gasteiger partial charge in [-0.2, -0.15) is 0 Å². The van der Waals surface area contributed by atoms with Crippen molar-refractivity contribution in [3.63, 3.8) is 0 Å². The Hall–Kier alpha value is -4.09. The van der Waals surface area contributed by atoms with Gasteiger partial charge >= 0.3 is 6.09 Å². The van der Waals surface area contributed by atoms with Crippen molar-refractivity contribution in [2.75, 3.05) is 42.8 Å². The zero-order valence-electron chi connectivity index (χ0n) is 19.1. The molecule has 3 aromatic rings. The zero-order chi connectivity index (χ0) is 25.3. The fourth-order valence-corrected chi connectivity index (χ4v) is 4.04. The lowest BCUT2D eigenvalue weighted by molar-refractivity contribution is 0.102. The first kappa shape index (κ1) is 25.5. The molecule has 0 spiro atoms. The predicted molar refractivity (Wildman–Crippen MR) is 131 cm³/mol. The highest BCUT2D eigenvalue weighted by Gasteiger charge is 2.17. The highest BCUT2D eigenvalue weighted by molar-refractivity contribution is 7.92. The molecule has 0 atom stereocenters. The van der Waals surface area contributed by atoms with E-state index in [4.69, 9.17) is 14.2 Å². The van der Waals surface area contributed by atoms with E-state index in [0.29, 0.717) is 22.8 Å². The Bertz CT molecular complexity index is 1280. The third-order valence-corrected chi connectivity index (χ3v) is 6.05. The van der Waals surface area contributed by atoms with Crippen molar-refractivity contribution in [1.29, 1.82) is 0 Å². The van der Waals surface area contributed by atoms with Crippen LogP contribution in [0.1, 0.15) is 10.4 Å². The summed E-state index contributed by atoms with van der Waals surface area (Å²) in [5.74, 6) is -0.0708. The Kier molecular flexibility index (Phi) is 8.65. The number of ether oxygens (including phenoxy) is 3. The summed E-state index contributed by atoms with van der Waals surface area (Å²) in [6.07, 6.45) is -0.649. The van der Waals surface area contributed by atoms with Crippen LogP contribution in [0.2, 0.25) is 0 Å². The van der Waals surface area contributed by atoms with Crippen molar-refractivity contribution in [3.05, 3.63) is 78.4 Å². The number of benzene rings is 3. The topological polar surface area (TPSA) is 132 Å². The van der Waals surface area contributed by atoms with Gasteiger partial charge in [-0.3, -0.25) is 14.8 Å². The number of rotatable bonds is 10. The molecule has 3 rings (SSSR count). The van der Waals surface area contributed by atoms with Gasteiger partial charge in [0.25, 0.3) is 15.9 Å². The van der Waals surface area contributed by atoms with E-state index in [2.05, 4.69) is 15.4 Å². The maximum Gasteiger partial charge on any atom is 0.411 e. The largest absolute Gasteiger partial charge is 0.495 e. The highest BCUT2D eigenvalue weighted by atomic mass is 32.2. The number of carbonyl (C=O) groups is 2. The molecule has 2 amide bonds. The molecule has 3 N–H and O–H groups in total. The lowest BCUT2D eigenvalue weighted by Gasteiger charge is -2.12. The maximum atomic E-state index is 12.7. The molecule has 10 nitrogen and oxygen atoms in total. The molecule has 0 heterocycles. The van der Waals surface area contributed by atoms with Crippen LogP contribution in [-0.2, 0) is 19.5 Å². The second-order valence-electron chi connectivity index (χ2n) is 7.12. The second-order valence-corrected chi connectivity index (χ2v) is 8.80. The van der Waals surface area contributed by atoms with Crippen LogP contribution in [0.3, 0.4) is 0 Å². The van der Waals surface area contributed by atoms with E-state index in [0.717, 1.165) is 0 Å². The molecule has 0 aliphatic rings. The summed E-state index contributed by atoms with van der Waals surface area (Å²) in [6, 6.07) is 18.6. The van der Waals surface area contributed by atoms with Crippen LogP contribution in [0.15, 0.2) is 77.7 Å². The van der Waals surface area contributed by atoms with Gasteiger partial charge in [0.1, 0.15) is 12.4 Å². The summed E-state index contributed by atoms with van der Waals surface area (Å²) in [6.45, 7) is 0.388. The van der Waals surface area contributed by atoms with Gasteiger partial charge in [0.05, 0.1) is 24.3 Å². The summed E-state index contributed by atoms with van der Waals surface area (Å²) in [4.78, 5) is 24.4. The smallest absolute Gasteiger partial charge is 0.411 e. The fraction of sp³-hybridized carbons (Fsp3) is 0.167. The molecule has 0 bridgehead atoms. The Balaban J connectivity index is 1.64. The van der Waals surface area contributed by atoms with Crippen LogP contribution in [0.4, 0.5) is 21.9 Å². The minimum absolute atomic E-state index is 0.0156.